The molecule has 1 saturated carbocycles. The third-order valence-electron chi connectivity index (χ3n) is 4.48. The Balaban J connectivity index is 2.39. The molecule has 2 nitrogen and oxygen atoms in total. The van der Waals surface area contributed by atoms with Crippen molar-refractivity contribution in [2.45, 2.75) is 43.7 Å². The van der Waals surface area contributed by atoms with Crippen LogP contribution < -0.4 is 5.73 Å². The van der Waals surface area contributed by atoms with Gasteiger partial charge in [0.05, 0.1) is 0 Å². The van der Waals surface area contributed by atoms with Crippen LogP contribution in [0.5, 0.6) is 0 Å². The Morgan fingerprint density at radius 1 is 1.26 bits per heavy atom. The Labute approximate surface area is 119 Å². The molecule has 1 fully saturated rings. The van der Waals surface area contributed by atoms with E-state index >= 15 is 0 Å². The normalized spacial score (nSPS) is 20.5. The van der Waals surface area contributed by atoms with Crippen molar-refractivity contribution in [3.8, 4) is 0 Å². The van der Waals surface area contributed by atoms with Crippen LogP contribution in [0.4, 0.5) is 4.39 Å². The number of benzene rings is 1. The number of likely N-dealkylation sites (N-methyl/N-ethyl adjacent to an activating group) is 1. The zero-order chi connectivity index (χ0) is 14.0. The van der Waals surface area contributed by atoms with E-state index in [1.807, 2.05) is 0 Å². The molecule has 1 aliphatic rings. The first-order chi connectivity index (χ1) is 8.97. The van der Waals surface area contributed by atoms with Crippen LogP contribution in [0.1, 0.15) is 43.7 Å². The minimum absolute atomic E-state index is 0.115. The fraction of sp³-hybridized carbons (Fsp3) is 0.600. The maximum absolute atomic E-state index is 13.5. The maximum atomic E-state index is 13.5. The molecule has 106 valence electrons. The van der Waals surface area contributed by atoms with Crippen LogP contribution in [-0.2, 0) is 0 Å². The van der Waals surface area contributed by atoms with E-state index in [2.05, 4.69) is 19.0 Å². The lowest BCUT2D eigenvalue weighted by Crippen LogP contribution is -2.53. The first kappa shape index (κ1) is 14.8. The highest BCUT2D eigenvalue weighted by atomic mass is 35.5. The summed E-state index contributed by atoms with van der Waals surface area (Å²) in [5.74, 6) is -0.278. The molecule has 1 aromatic carbocycles. The van der Waals surface area contributed by atoms with E-state index in [0.717, 1.165) is 18.4 Å². The summed E-state index contributed by atoms with van der Waals surface area (Å²) in [6, 6.07) is 4.19. The summed E-state index contributed by atoms with van der Waals surface area (Å²) in [4.78, 5) is 2.19. The molecule has 0 aromatic heterocycles. The van der Waals surface area contributed by atoms with Crippen molar-refractivity contribution in [2.75, 3.05) is 14.1 Å². The van der Waals surface area contributed by atoms with Crippen molar-refractivity contribution in [3.05, 3.63) is 34.6 Å². The van der Waals surface area contributed by atoms with Crippen LogP contribution in [0.25, 0.3) is 0 Å². The second-order valence-electron chi connectivity index (χ2n) is 5.70. The van der Waals surface area contributed by atoms with Gasteiger partial charge < -0.3 is 10.6 Å². The summed E-state index contributed by atoms with van der Waals surface area (Å²) in [6.07, 6.45) is 5.65. The largest absolute Gasteiger partial charge is 0.322 e. The van der Waals surface area contributed by atoms with Crippen LogP contribution in [0.3, 0.4) is 0 Å². The fourth-order valence-corrected chi connectivity index (χ4v) is 3.48. The number of halogens is 2. The van der Waals surface area contributed by atoms with E-state index in [1.165, 1.54) is 31.4 Å². The van der Waals surface area contributed by atoms with Gasteiger partial charge >= 0.3 is 0 Å². The van der Waals surface area contributed by atoms with Crippen LogP contribution >= 0.6 is 11.6 Å². The van der Waals surface area contributed by atoms with Crippen molar-refractivity contribution < 1.29 is 4.39 Å². The Kier molecular flexibility index (Phi) is 4.49. The van der Waals surface area contributed by atoms with E-state index < -0.39 is 0 Å². The highest BCUT2D eigenvalue weighted by Crippen LogP contribution is 2.42. The average Bonchev–Trinajstić information content (AvgIpc) is 2.41. The molecular weight excluding hydrogens is 263 g/mol. The Morgan fingerprint density at radius 3 is 2.47 bits per heavy atom. The van der Waals surface area contributed by atoms with Crippen LogP contribution in [0.2, 0.25) is 5.02 Å². The van der Waals surface area contributed by atoms with Crippen molar-refractivity contribution in [3.63, 3.8) is 0 Å². The third-order valence-corrected chi connectivity index (χ3v) is 4.83. The second-order valence-corrected chi connectivity index (χ2v) is 6.11. The van der Waals surface area contributed by atoms with E-state index in [-0.39, 0.29) is 17.4 Å². The smallest absolute Gasteiger partial charge is 0.123 e. The first-order valence-corrected chi connectivity index (χ1v) is 7.23. The van der Waals surface area contributed by atoms with Gasteiger partial charge in [0, 0.05) is 16.6 Å². The minimum atomic E-state index is -0.278. The fourth-order valence-electron chi connectivity index (χ4n) is 3.24. The summed E-state index contributed by atoms with van der Waals surface area (Å²) in [7, 11) is 4.11. The van der Waals surface area contributed by atoms with E-state index in [1.54, 1.807) is 6.07 Å². The molecule has 1 atom stereocenters. The lowest BCUT2D eigenvalue weighted by Gasteiger charge is -2.47. The molecule has 2 rings (SSSR count). The van der Waals surface area contributed by atoms with Crippen molar-refractivity contribution >= 4 is 11.6 Å². The van der Waals surface area contributed by atoms with Gasteiger partial charge in [-0.3, -0.25) is 0 Å². The zero-order valence-electron chi connectivity index (χ0n) is 11.6. The Bertz CT molecular complexity index is 442. The Morgan fingerprint density at radius 2 is 1.89 bits per heavy atom. The number of hydrogen-bond acceptors (Lipinski definition) is 2. The molecule has 0 spiro atoms. The molecule has 1 aliphatic carbocycles. The van der Waals surface area contributed by atoms with Crippen LogP contribution in [-0.4, -0.2) is 24.5 Å². The SMILES string of the molecule is CN(C)C1(C(N)c2cc(F)ccc2Cl)CCCCC1. The van der Waals surface area contributed by atoms with Gasteiger partial charge in [-0.25, -0.2) is 4.39 Å². The highest BCUT2D eigenvalue weighted by Gasteiger charge is 2.41. The van der Waals surface area contributed by atoms with Gasteiger partial charge in [-0.1, -0.05) is 30.9 Å². The quantitative estimate of drug-likeness (QED) is 0.916. The number of nitrogens with zero attached hydrogens (tertiary/aromatic N) is 1. The second kappa shape index (κ2) is 5.78. The van der Waals surface area contributed by atoms with Gasteiger partial charge in [-0.15, -0.1) is 0 Å². The first-order valence-electron chi connectivity index (χ1n) is 6.85. The molecule has 19 heavy (non-hydrogen) atoms. The summed E-state index contributed by atoms with van der Waals surface area (Å²) in [5.41, 5.74) is 7.09. The van der Waals surface area contributed by atoms with Gasteiger partial charge in [-0.2, -0.15) is 0 Å². The lowest BCUT2D eigenvalue weighted by molar-refractivity contribution is 0.0713. The van der Waals surface area contributed by atoms with E-state index in [9.17, 15) is 4.39 Å². The van der Waals surface area contributed by atoms with Gasteiger partial charge in [0.25, 0.3) is 0 Å². The van der Waals surface area contributed by atoms with Crippen LogP contribution in [0, 0.1) is 5.82 Å². The highest BCUT2D eigenvalue weighted by molar-refractivity contribution is 6.31. The summed E-state index contributed by atoms with van der Waals surface area (Å²) in [6.45, 7) is 0. The van der Waals surface area contributed by atoms with Crippen molar-refractivity contribution in [1.82, 2.24) is 4.90 Å². The number of nitrogens with two attached hydrogens (primary N) is 1. The van der Waals surface area contributed by atoms with Gasteiger partial charge in [0.2, 0.25) is 0 Å². The predicted molar refractivity (Wildman–Crippen MR) is 77.8 cm³/mol. The summed E-state index contributed by atoms with van der Waals surface area (Å²) >= 11 is 6.21. The summed E-state index contributed by atoms with van der Waals surface area (Å²) < 4.78 is 13.5. The zero-order valence-corrected chi connectivity index (χ0v) is 12.4. The molecule has 0 aliphatic heterocycles. The number of hydrogen-bond donors (Lipinski definition) is 1. The maximum Gasteiger partial charge on any atom is 0.123 e. The molecule has 0 heterocycles. The molecule has 4 heteroatoms. The van der Waals surface area contributed by atoms with E-state index in [4.69, 9.17) is 17.3 Å². The molecule has 1 unspecified atom stereocenters. The molecule has 0 bridgehead atoms. The number of rotatable bonds is 3. The average molecular weight is 285 g/mol. The predicted octanol–water partition coefficient (Wildman–Crippen LogP) is 3.74. The van der Waals surface area contributed by atoms with Gasteiger partial charge in [-0.05, 0) is 50.7 Å². The van der Waals surface area contributed by atoms with Gasteiger partial charge in [0.15, 0.2) is 0 Å². The van der Waals surface area contributed by atoms with Gasteiger partial charge in [0.1, 0.15) is 5.82 Å². The molecular formula is C15H22ClFN2. The molecule has 0 radical (unpaired) electrons. The van der Waals surface area contributed by atoms with Crippen molar-refractivity contribution in [2.24, 2.45) is 5.73 Å². The van der Waals surface area contributed by atoms with E-state index in [0.29, 0.717) is 5.02 Å². The van der Waals surface area contributed by atoms with Crippen LogP contribution in [0.15, 0.2) is 18.2 Å². The standard InChI is InChI=1S/C15H22ClFN2/c1-19(2)15(8-4-3-5-9-15)14(18)12-10-11(17)6-7-13(12)16/h6-7,10,14H,3-5,8-9,18H2,1-2H3. The topological polar surface area (TPSA) is 29.3 Å². The molecule has 0 saturated heterocycles. The molecule has 1 aromatic rings. The molecule has 0 amide bonds. The Hall–Kier alpha value is -0.640. The lowest BCUT2D eigenvalue weighted by atomic mass is 9.73. The summed E-state index contributed by atoms with van der Waals surface area (Å²) in [5, 5.41) is 0.556. The third kappa shape index (κ3) is 2.78. The monoisotopic (exact) mass is 284 g/mol. The minimum Gasteiger partial charge on any atom is -0.322 e. The molecule has 2 N–H and O–H groups in total. The van der Waals surface area contributed by atoms with Crippen molar-refractivity contribution in [1.29, 1.82) is 0 Å².